The van der Waals surface area contributed by atoms with Crippen molar-refractivity contribution in [2.75, 3.05) is 39.8 Å². The van der Waals surface area contributed by atoms with Crippen molar-refractivity contribution >= 4 is 29.2 Å². The standard InChI is InChI=1S/C16H23N3O4S/c1-23-16(22)19-8-3-7-18(9-10-19)14(20)4-2-6-17-15(21)13-5-11-24-12-13/h5,11-12H,2-4,6-10H2,1H3,(H,17,21). The third kappa shape index (κ3) is 5.23. The normalized spacial score (nSPS) is 14.9. The first kappa shape index (κ1) is 18.3. The minimum Gasteiger partial charge on any atom is -0.453 e. The Bertz CT molecular complexity index is 562. The minimum absolute atomic E-state index is 0.0616. The van der Waals surface area contributed by atoms with Crippen molar-refractivity contribution in [2.24, 2.45) is 0 Å². The number of amides is 3. The van der Waals surface area contributed by atoms with Gasteiger partial charge in [-0.3, -0.25) is 9.59 Å². The van der Waals surface area contributed by atoms with Gasteiger partial charge < -0.3 is 19.9 Å². The van der Waals surface area contributed by atoms with Gasteiger partial charge in [0.1, 0.15) is 0 Å². The van der Waals surface area contributed by atoms with Crippen molar-refractivity contribution in [3.05, 3.63) is 22.4 Å². The molecule has 1 aromatic rings. The number of hydrogen-bond donors (Lipinski definition) is 1. The zero-order valence-corrected chi connectivity index (χ0v) is 14.6. The molecule has 0 bridgehead atoms. The van der Waals surface area contributed by atoms with E-state index >= 15 is 0 Å². The van der Waals surface area contributed by atoms with E-state index in [0.29, 0.717) is 51.1 Å². The maximum atomic E-state index is 12.3. The van der Waals surface area contributed by atoms with Gasteiger partial charge in [0, 0.05) is 50.1 Å². The minimum atomic E-state index is -0.347. The van der Waals surface area contributed by atoms with Gasteiger partial charge in [-0.25, -0.2) is 4.79 Å². The molecule has 2 heterocycles. The molecule has 132 valence electrons. The van der Waals surface area contributed by atoms with Crippen LogP contribution in [0, 0.1) is 0 Å². The fourth-order valence-corrected chi connectivity index (χ4v) is 3.21. The lowest BCUT2D eigenvalue weighted by molar-refractivity contribution is -0.131. The van der Waals surface area contributed by atoms with Crippen LogP contribution in [-0.2, 0) is 9.53 Å². The fourth-order valence-electron chi connectivity index (χ4n) is 2.57. The van der Waals surface area contributed by atoms with Crippen LogP contribution in [0.15, 0.2) is 16.8 Å². The summed E-state index contributed by atoms with van der Waals surface area (Å²) in [5.41, 5.74) is 0.654. The second-order valence-electron chi connectivity index (χ2n) is 5.56. The number of thiophene rings is 1. The highest BCUT2D eigenvalue weighted by molar-refractivity contribution is 7.08. The van der Waals surface area contributed by atoms with Gasteiger partial charge in [0.15, 0.2) is 0 Å². The highest BCUT2D eigenvalue weighted by atomic mass is 32.1. The molecular weight excluding hydrogens is 330 g/mol. The van der Waals surface area contributed by atoms with Gasteiger partial charge in [-0.05, 0) is 24.3 Å². The second-order valence-corrected chi connectivity index (χ2v) is 6.34. The monoisotopic (exact) mass is 353 g/mol. The van der Waals surface area contributed by atoms with E-state index in [4.69, 9.17) is 4.74 Å². The Morgan fingerprint density at radius 1 is 1.21 bits per heavy atom. The summed E-state index contributed by atoms with van der Waals surface area (Å²) in [4.78, 5) is 39.0. The molecule has 24 heavy (non-hydrogen) atoms. The Balaban J connectivity index is 1.67. The molecule has 1 saturated heterocycles. The van der Waals surface area contributed by atoms with Crippen molar-refractivity contribution in [3.63, 3.8) is 0 Å². The highest BCUT2D eigenvalue weighted by Gasteiger charge is 2.21. The maximum absolute atomic E-state index is 12.3. The summed E-state index contributed by atoms with van der Waals surface area (Å²) in [6.45, 7) is 2.74. The molecule has 0 atom stereocenters. The zero-order valence-electron chi connectivity index (χ0n) is 13.8. The molecule has 0 aliphatic carbocycles. The maximum Gasteiger partial charge on any atom is 0.409 e. The van der Waals surface area contributed by atoms with Crippen molar-refractivity contribution in [1.82, 2.24) is 15.1 Å². The molecule has 1 aromatic heterocycles. The van der Waals surface area contributed by atoms with E-state index in [1.54, 1.807) is 21.2 Å². The van der Waals surface area contributed by atoms with Crippen LogP contribution in [0.25, 0.3) is 0 Å². The fraction of sp³-hybridized carbons (Fsp3) is 0.562. The molecule has 7 nitrogen and oxygen atoms in total. The van der Waals surface area contributed by atoms with Crippen LogP contribution < -0.4 is 5.32 Å². The van der Waals surface area contributed by atoms with Crippen molar-refractivity contribution in [3.8, 4) is 0 Å². The Kier molecular flexibility index (Phi) is 7.05. The number of methoxy groups -OCH3 is 1. The van der Waals surface area contributed by atoms with Crippen molar-refractivity contribution in [1.29, 1.82) is 0 Å². The number of rotatable bonds is 5. The third-order valence-corrected chi connectivity index (χ3v) is 4.60. The van der Waals surface area contributed by atoms with Crippen LogP contribution in [0.4, 0.5) is 4.79 Å². The number of hydrogen-bond acceptors (Lipinski definition) is 5. The van der Waals surface area contributed by atoms with Crippen molar-refractivity contribution in [2.45, 2.75) is 19.3 Å². The molecule has 3 amide bonds. The van der Waals surface area contributed by atoms with Gasteiger partial charge in [0.25, 0.3) is 5.91 Å². The Labute approximate surface area is 145 Å². The summed E-state index contributed by atoms with van der Waals surface area (Å²) < 4.78 is 4.72. The molecule has 0 unspecified atom stereocenters. The lowest BCUT2D eigenvalue weighted by atomic mass is 10.2. The molecule has 1 aliphatic rings. The molecule has 0 aromatic carbocycles. The topological polar surface area (TPSA) is 79.0 Å². The lowest BCUT2D eigenvalue weighted by Crippen LogP contribution is -2.37. The van der Waals surface area contributed by atoms with E-state index < -0.39 is 0 Å². The highest BCUT2D eigenvalue weighted by Crippen LogP contribution is 2.08. The van der Waals surface area contributed by atoms with Gasteiger partial charge in [0.05, 0.1) is 7.11 Å². The number of carbonyl (C=O) groups is 3. The van der Waals surface area contributed by atoms with Crippen LogP contribution in [0.2, 0.25) is 0 Å². The molecule has 1 N–H and O–H groups in total. The SMILES string of the molecule is COC(=O)N1CCCN(C(=O)CCCNC(=O)c2ccsc2)CC1. The van der Waals surface area contributed by atoms with Crippen LogP contribution in [0.5, 0.6) is 0 Å². The van der Waals surface area contributed by atoms with Gasteiger partial charge >= 0.3 is 6.09 Å². The van der Waals surface area contributed by atoms with Crippen LogP contribution in [0.3, 0.4) is 0 Å². The molecule has 8 heteroatoms. The molecule has 0 spiro atoms. The van der Waals surface area contributed by atoms with Crippen LogP contribution in [0.1, 0.15) is 29.6 Å². The number of ether oxygens (including phenoxy) is 1. The second kappa shape index (κ2) is 9.27. The first-order chi connectivity index (χ1) is 11.6. The first-order valence-corrected chi connectivity index (χ1v) is 8.97. The number of carbonyl (C=O) groups excluding carboxylic acids is 3. The van der Waals surface area contributed by atoms with E-state index in [2.05, 4.69) is 5.32 Å². The molecule has 2 rings (SSSR count). The van der Waals surface area contributed by atoms with Crippen LogP contribution in [-0.4, -0.2) is 67.5 Å². The predicted octanol–water partition coefficient (Wildman–Crippen LogP) is 1.56. The van der Waals surface area contributed by atoms with Crippen molar-refractivity contribution < 1.29 is 19.1 Å². The number of nitrogens with one attached hydrogen (secondary N) is 1. The Morgan fingerprint density at radius 2 is 1.96 bits per heavy atom. The summed E-state index contributed by atoms with van der Waals surface area (Å²) in [7, 11) is 1.36. The van der Waals surface area contributed by atoms with Gasteiger partial charge in [-0.2, -0.15) is 11.3 Å². The average Bonchev–Trinajstić information content (AvgIpc) is 3.02. The summed E-state index contributed by atoms with van der Waals surface area (Å²) in [5, 5.41) is 6.47. The van der Waals surface area contributed by atoms with Gasteiger partial charge in [0.2, 0.25) is 5.91 Å². The Hall–Kier alpha value is -2.09. The molecule has 1 fully saturated rings. The van der Waals surface area contributed by atoms with E-state index in [0.717, 1.165) is 6.42 Å². The summed E-state index contributed by atoms with van der Waals surface area (Å²) in [6, 6.07) is 1.77. The molecule has 1 aliphatic heterocycles. The van der Waals surface area contributed by atoms with E-state index in [-0.39, 0.29) is 17.9 Å². The third-order valence-electron chi connectivity index (χ3n) is 3.92. The van der Waals surface area contributed by atoms with Gasteiger partial charge in [-0.15, -0.1) is 0 Å². The smallest absolute Gasteiger partial charge is 0.409 e. The summed E-state index contributed by atoms with van der Waals surface area (Å²) >= 11 is 1.48. The van der Waals surface area contributed by atoms with Gasteiger partial charge in [-0.1, -0.05) is 0 Å². The number of nitrogens with zero attached hydrogens (tertiary/aromatic N) is 2. The molecule has 0 radical (unpaired) electrons. The summed E-state index contributed by atoms with van der Waals surface area (Å²) in [5.74, 6) is -0.0429. The molecular formula is C16H23N3O4S. The quantitative estimate of drug-likeness (QED) is 0.815. The van der Waals surface area contributed by atoms with E-state index in [9.17, 15) is 14.4 Å². The largest absolute Gasteiger partial charge is 0.453 e. The molecule has 0 saturated carbocycles. The zero-order chi connectivity index (χ0) is 17.4. The van der Waals surface area contributed by atoms with Crippen LogP contribution >= 0.6 is 11.3 Å². The average molecular weight is 353 g/mol. The van der Waals surface area contributed by atoms with E-state index in [1.165, 1.54) is 18.4 Å². The van der Waals surface area contributed by atoms with E-state index in [1.807, 2.05) is 5.38 Å². The lowest BCUT2D eigenvalue weighted by Gasteiger charge is -2.21. The summed E-state index contributed by atoms with van der Waals surface area (Å²) in [6.07, 6.45) is 1.39. The first-order valence-electron chi connectivity index (χ1n) is 8.03. The predicted molar refractivity (Wildman–Crippen MR) is 91.1 cm³/mol. The Morgan fingerprint density at radius 3 is 2.67 bits per heavy atom.